The van der Waals surface area contributed by atoms with Gasteiger partial charge in [-0.05, 0) is 30.2 Å². The fourth-order valence-electron chi connectivity index (χ4n) is 4.04. The zero-order chi connectivity index (χ0) is 20.1. The Kier molecular flexibility index (Phi) is 6.12. The summed E-state index contributed by atoms with van der Waals surface area (Å²) in [5.74, 6) is 0.0495. The Morgan fingerprint density at radius 3 is 2.52 bits per heavy atom. The average Bonchev–Trinajstić information content (AvgIpc) is 3.17. The highest BCUT2D eigenvalue weighted by atomic mass is 16.2. The molecule has 3 aromatic rings. The third-order valence-electron chi connectivity index (χ3n) is 5.65. The smallest absolute Gasteiger partial charge is 0.234 e. The molecule has 2 aromatic carbocycles. The summed E-state index contributed by atoms with van der Waals surface area (Å²) in [5.41, 5.74) is 9.50. The molecule has 1 fully saturated rings. The lowest BCUT2D eigenvalue weighted by atomic mass is 10.0. The normalized spacial score (nSPS) is 16.1. The van der Waals surface area contributed by atoms with Crippen LogP contribution in [0.2, 0.25) is 0 Å². The summed E-state index contributed by atoms with van der Waals surface area (Å²) in [6.07, 6.45) is 2.75. The van der Waals surface area contributed by atoms with Crippen LogP contribution >= 0.6 is 0 Å². The van der Waals surface area contributed by atoms with E-state index in [0.29, 0.717) is 13.1 Å². The number of nitrogens with one attached hydrogen (secondary N) is 2. The fourth-order valence-corrected chi connectivity index (χ4v) is 4.04. The molecule has 1 aliphatic rings. The maximum atomic E-state index is 12.6. The number of aromatic nitrogens is 1. The van der Waals surface area contributed by atoms with Gasteiger partial charge in [-0.1, -0.05) is 36.4 Å². The van der Waals surface area contributed by atoms with Crippen LogP contribution in [0.25, 0.3) is 10.9 Å². The van der Waals surface area contributed by atoms with Gasteiger partial charge in [-0.25, -0.2) is 0 Å². The molecule has 1 atom stereocenters. The molecule has 6 heteroatoms. The molecule has 0 spiro atoms. The molecule has 2 heterocycles. The van der Waals surface area contributed by atoms with Crippen molar-refractivity contribution >= 4 is 22.5 Å². The van der Waals surface area contributed by atoms with Crippen molar-refractivity contribution in [2.24, 2.45) is 5.73 Å². The summed E-state index contributed by atoms with van der Waals surface area (Å²) < 4.78 is 0. The molecule has 152 valence electrons. The number of para-hydroxylation sites is 2. The standard InChI is InChI=1S/C23H29N5O/c24-15-19(14-18-16-25-22-9-5-4-8-21(18)22)26-23(29)17-27-10-12-28(13-11-27)20-6-2-1-3-7-20/h1-9,16,19,25H,10-15,17,24H2,(H,26,29). The Balaban J connectivity index is 1.27. The summed E-state index contributed by atoms with van der Waals surface area (Å²) >= 11 is 0. The Morgan fingerprint density at radius 2 is 1.76 bits per heavy atom. The van der Waals surface area contributed by atoms with Gasteiger partial charge in [0.25, 0.3) is 0 Å². The highest BCUT2D eigenvalue weighted by molar-refractivity contribution is 5.83. The van der Waals surface area contributed by atoms with E-state index in [9.17, 15) is 4.79 Å². The summed E-state index contributed by atoms with van der Waals surface area (Å²) in [5, 5.41) is 4.32. The van der Waals surface area contributed by atoms with Crippen molar-refractivity contribution in [1.29, 1.82) is 0 Å². The van der Waals surface area contributed by atoms with Crippen LogP contribution in [0.1, 0.15) is 5.56 Å². The van der Waals surface area contributed by atoms with E-state index in [2.05, 4.69) is 56.5 Å². The minimum absolute atomic E-state index is 0.0495. The van der Waals surface area contributed by atoms with E-state index in [1.807, 2.05) is 24.4 Å². The zero-order valence-corrected chi connectivity index (χ0v) is 16.7. The number of aromatic amines is 1. The molecule has 0 aliphatic carbocycles. The van der Waals surface area contributed by atoms with Gasteiger partial charge in [-0.2, -0.15) is 0 Å². The van der Waals surface area contributed by atoms with Gasteiger partial charge in [0.05, 0.1) is 6.54 Å². The third kappa shape index (κ3) is 4.78. The number of fused-ring (bicyclic) bond motifs is 1. The second kappa shape index (κ2) is 9.11. The molecular formula is C23H29N5O. The molecule has 0 saturated carbocycles. The first-order valence-corrected chi connectivity index (χ1v) is 10.3. The van der Waals surface area contributed by atoms with Crippen LogP contribution in [0.5, 0.6) is 0 Å². The zero-order valence-electron chi connectivity index (χ0n) is 16.7. The molecule has 4 rings (SSSR count). The number of nitrogens with two attached hydrogens (primary N) is 1. The van der Waals surface area contributed by atoms with Crippen LogP contribution in [0.4, 0.5) is 5.69 Å². The maximum absolute atomic E-state index is 12.6. The van der Waals surface area contributed by atoms with Gasteiger partial charge < -0.3 is 20.9 Å². The van der Waals surface area contributed by atoms with Crippen molar-refractivity contribution in [3.8, 4) is 0 Å². The quantitative estimate of drug-likeness (QED) is 0.576. The maximum Gasteiger partial charge on any atom is 0.234 e. The number of rotatable bonds is 7. The predicted octanol–water partition coefficient (Wildman–Crippen LogP) is 1.98. The van der Waals surface area contributed by atoms with Gasteiger partial charge in [-0.15, -0.1) is 0 Å². The van der Waals surface area contributed by atoms with Crippen LogP contribution in [-0.2, 0) is 11.2 Å². The topological polar surface area (TPSA) is 77.4 Å². The molecule has 6 nitrogen and oxygen atoms in total. The Labute approximate surface area is 171 Å². The van der Waals surface area contributed by atoms with Gasteiger partial charge in [0.1, 0.15) is 0 Å². The van der Waals surface area contributed by atoms with Crippen molar-refractivity contribution in [3.63, 3.8) is 0 Å². The Morgan fingerprint density at radius 1 is 1.03 bits per heavy atom. The summed E-state index contributed by atoms with van der Waals surface area (Å²) in [7, 11) is 0. The summed E-state index contributed by atoms with van der Waals surface area (Å²) in [6, 6.07) is 18.6. The van der Waals surface area contributed by atoms with E-state index in [4.69, 9.17) is 5.73 Å². The highest BCUT2D eigenvalue weighted by Gasteiger charge is 2.20. The SMILES string of the molecule is NCC(Cc1c[nH]c2ccccc12)NC(=O)CN1CCN(c2ccccc2)CC1. The van der Waals surface area contributed by atoms with Gasteiger partial charge in [-0.3, -0.25) is 9.69 Å². The Bertz CT molecular complexity index is 931. The molecular weight excluding hydrogens is 362 g/mol. The lowest BCUT2D eigenvalue weighted by molar-refractivity contribution is -0.123. The molecule has 29 heavy (non-hydrogen) atoms. The van der Waals surface area contributed by atoms with E-state index in [0.717, 1.165) is 38.1 Å². The van der Waals surface area contributed by atoms with Crippen molar-refractivity contribution in [2.45, 2.75) is 12.5 Å². The fraction of sp³-hybridized carbons (Fsp3) is 0.348. The van der Waals surface area contributed by atoms with Crippen LogP contribution in [0.3, 0.4) is 0 Å². The van der Waals surface area contributed by atoms with Gasteiger partial charge in [0.2, 0.25) is 5.91 Å². The van der Waals surface area contributed by atoms with Crippen molar-refractivity contribution in [3.05, 3.63) is 66.4 Å². The van der Waals surface area contributed by atoms with E-state index < -0.39 is 0 Å². The average molecular weight is 392 g/mol. The van der Waals surface area contributed by atoms with Gasteiger partial charge >= 0.3 is 0 Å². The minimum atomic E-state index is -0.0627. The lowest BCUT2D eigenvalue weighted by Crippen LogP contribution is -2.51. The number of nitrogens with zero attached hydrogens (tertiary/aromatic N) is 2. The van der Waals surface area contributed by atoms with E-state index in [1.165, 1.54) is 16.6 Å². The molecule has 1 saturated heterocycles. The molecule has 1 aromatic heterocycles. The number of benzene rings is 2. The number of carbonyl (C=O) groups excluding carboxylic acids is 1. The first-order chi connectivity index (χ1) is 14.2. The van der Waals surface area contributed by atoms with Crippen LogP contribution in [0, 0.1) is 0 Å². The monoisotopic (exact) mass is 391 g/mol. The van der Waals surface area contributed by atoms with Crippen LogP contribution in [0.15, 0.2) is 60.8 Å². The number of hydrogen-bond donors (Lipinski definition) is 3. The molecule has 0 bridgehead atoms. The van der Waals surface area contributed by atoms with Crippen LogP contribution in [-0.4, -0.2) is 61.1 Å². The number of amides is 1. The van der Waals surface area contributed by atoms with Crippen molar-refractivity contribution in [2.75, 3.05) is 44.2 Å². The summed E-state index contributed by atoms with van der Waals surface area (Å²) in [4.78, 5) is 20.5. The number of carbonyl (C=O) groups is 1. The summed E-state index contributed by atoms with van der Waals surface area (Å²) in [6.45, 7) is 4.50. The number of hydrogen-bond acceptors (Lipinski definition) is 4. The van der Waals surface area contributed by atoms with E-state index >= 15 is 0 Å². The molecule has 0 radical (unpaired) electrons. The molecule has 1 unspecified atom stereocenters. The predicted molar refractivity (Wildman–Crippen MR) is 118 cm³/mol. The Hall–Kier alpha value is -2.83. The molecule has 1 amide bonds. The highest BCUT2D eigenvalue weighted by Crippen LogP contribution is 2.19. The first-order valence-electron chi connectivity index (χ1n) is 10.3. The first kappa shape index (κ1) is 19.5. The number of anilines is 1. The largest absolute Gasteiger partial charge is 0.369 e. The second-order valence-electron chi connectivity index (χ2n) is 7.66. The van der Waals surface area contributed by atoms with E-state index in [-0.39, 0.29) is 11.9 Å². The minimum Gasteiger partial charge on any atom is -0.369 e. The van der Waals surface area contributed by atoms with Crippen molar-refractivity contribution < 1.29 is 4.79 Å². The second-order valence-corrected chi connectivity index (χ2v) is 7.66. The van der Waals surface area contributed by atoms with E-state index in [1.54, 1.807) is 0 Å². The molecule has 4 N–H and O–H groups in total. The van der Waals surface area contributed by atoms with Gasteiger partial charge in [0, 0.05) is 61.6 Å². The third-order valence-corrected chi connectivity index (χ3v) is 5.65. The number of piperazine rings is 1. The lowest BCUT2D eigenvalue weighted by Gasteiger charge is -2.36. The van der Waals surface area contributed by atoms with Gasteiger partial charge in [0.15, 0.2) is 0 Å². The van der Waals surface area contributed by atoms with Crippen molar-refractivity contribution in [1.82, 2.24) is 15.2 Å². The molecule has 1 aliphatic heterocycles. The number of H-pyrrole nitrogens is 1. The van der Waals surface area contributed by atoms with Crippen LogP contribution < -0.4 is 16.0 Å².